The van der Waals surface area contributed by atoms with E-state index in [1.807, 2.05) is 0 Å². The molecule has 1 aliphatic carbocycles. The quantitative estimate of drug-likeness (QED) is 0.725. The molecular weight excluding hydrogens is 182 g/mol. The lowest BCUT2D eigenvalue weighted by molar-refractivity contribution is 0.0966. The van der Waals surface area contributed by atoms with Gasteiger partial charge in [-0.15, -0.1) is 0 Å². The second-order valence-corrected chi connectivity index (χ2v) is 5.81. The minimum Gasteiger partial charge on any atom is -0.314 e. The van der Waals surface area contributed by atoms with Gasteiger partial charge in [-0.05, 0) is 43.6 Å². The van der Waals surface area contributed by atoms with Gasteiger partial charge in [0.1, 0.15) is 0 Å². The normalized spacial score (nSPS) is 27.6. The molecule has 90 valence electrons. The summed E-state index contributed by atoms with van der Waals surface area (Å²) in [6, 6.07) is 0.750. The van der Waals surface area contributed by atoms with Gasteiger partial charge < -0.3 is 5.32 Å². The van der Waals surface area contributed by atoms with Gasteiger partial charge in [-0.25, -0.2) is 0 Å². The molecule has 0 amide bonds. The van der Waals surface area contributed by atoms with Crippen LogP contribution in [0, 0.1) is 11.3 Å². The maximum atomic E-state index is 3.74. The molecule has 1 nitrogen and oxygen atoms in total. The predicted molar refractivity (Wildman–Crippen MR) is 68.1 cm³/mol. The number of rotatable bonds is 5. The summed E-state index contributed by atoms with van der Waals surface area (Å²) in [5.74, 6) is 0.891. The molecule has 0 spiro atoms. The number of hydrogen-bond donors (Lipinski definition) is 1. The Morgan fingerprint density at radius 2 is 2.00 bits per heavy atom. The Balaban J connectivity index is 2.56. The molecule has 0 heterocycles. The van der Waals surface area contributed by atoms with Gasteiger partial charge in [0, 0.05) is 6.04 Å². The molecular formula is C14H29N. The van der Waals surface area contributed by atoms with Crippen LogP contribution in [-0.2, 0) is 0 Å². The molecule has 1 fully saturated rings. The van der Waals surface area contributed by atoms with Crippen LogP contribution >= 0.6 is 0 Å². The molecule has 0 saturated heterocycles. The Hall–Kier alpha value is -0.0400. The second kappa shape index (κ2) is 5.89. The van der Waals surface area contributed by atoms with E-state index in [1.54, 1.807) is 0 Å². The van der Waals surface area contributed by atoms with Crippen LogP contribution in [0.4, 0.5) is 0 Å². The lowest BCUT2D eigenvalue weighted by Gasteiger charge is -2.43. The van der Waals surface area contributed by atoms with Crippen molar-refractivity contribution in [2.24, 2.45) is 11.3 Å². The van der Waals surface area contributed by atoms with Crippen LogP contribution in [0.2, 0.25) is 0 Å². The van der Waals surface area contributed by atoms with Gasteiger partial charge >= 0.3 is 0 Å². The predicted octanol–water partition coefficient (Wildman–Crippen LogP) is 3.98. The van der Waals surface area contributed by atoms with Crippen molar-refractivity contribution in [2.75, 3.05) is 6.54 Å². The molecule has 1 aliphatic rings. The molecule has 1 rings (SSSR count). The fourth-order valence-corrected chi connectivity index (χ4v) is 3.17. The van der Waals surface area contributed by atoms with Crippen LogP contribution in [0.1, 0.15) is 66.2 Å². The van der Waals surface area contributed by atoms with Crippen LogP contribution in [-0.4, -0.2) is 12.6 Å². The average Bonchev–Trinajstić information content (AvgIpc) is 2.20. The number of nitrogens with one attached hydrogen (secondary N) is 1. The van der Waals surface area contributed by atoms with Crippen LogP contribution in [0.15, 0.2) is 0 Å². The maximum absolute atomic E-state index is 3.74. The molecule has 1 saturated carbocycles. The van der Waals surface area contributed by atoms with Crippen LogP contribution in [0.5, 0.6) is 0 Å². The van der Waals surface area contributed by atoms with Crippen LogP contribution < -0.4 is 5.32 Å². The summed E-state index contributed by atoms with van der Waals surface area (Å²) < 4.78 is 0. The summed E-state index contributed by atoms with van der Waals surface area (Å²) in [4.78, 5) is 0. The zero-order valence-corrected chi connectivity index (χ0v) is 11.1. The van der Waals surface area contributed by atoms with Gasteiger partial charge in [0.25, 0.3) is 0 Å². The van der Waals surface area contributed by atoms with E-state index < -0.39 is 0 Å². The highest BCUT2D eigenvalue weighted by Gasteiger charge is 2.36. The maximum Gasteiger partial charge on any atom is 0.00977 e. The van der Waals surface area contributed by atoms with Gasteiger partial charge in [0.05, 0.1) is 0 Å². The molecule has 0 bridgehead atoms. The average molecular weight is 211 g/mol. The lowest BCUT2D eigenvalue weighted by atomic mass is 9.65. The molecule has 0 aliphatic heterocycles. The Kier molecular flexibility index (Phi) is 5.11. The second-order valence-electron chi connectivity index (χ2n) is 5.81. The molecule has 0 aromatic rings. The molecule has 2 atom stereocenters. The minimum atomic E-state index is 0.555. The zero-order chi connectivity index (χ0) is 11.3. The van der Waals surface area contributed by atoms with E-state index in [4.69, 9.17) is 0 Å². The summed E-state index contributed by atoms with van der Waals surface area (Å²) in [5.41, 5.74) is 0.555. The summed E-state index contributed by atoms with van der Waals surface area (Å²) in [5, 5.41) is 3.74. The first-order chi connectivity index (χ1) is 7.11. The van der Waals surface area contributed by atoms with E-state index in [-0.39, 0.29) is 0 Å². The Bertz CT molecular complexity index is 174. The molecule has 0 radical (unpaired) electrons. The van der Waals surface area contributed by atoms with Gasteiger partial charge in [0.15, 0.2) is 0 Å². The molecule has 0 aromatic heterocycles. The molecule has 1 heteroatoms. The van der Waals surface area contributed by atoms with Crippen LogP contribution in [0.3, 0.4) is 0 Å². The topological polar surface area (TPSA) is 12.0 Å². The third-order valence-corrected chi connectivity index (χ3v) is 4.17. The highest BCUT2D eigenvalue weighted by atomic mass is 14.9. The van der Waals surface area contributed by atoms with E-state index in [1.165, 1.54) is 45.1 Å². The third kappa shape index (κ3) is 3.48. The number of hydrogen-bond acceptors (Lipinski definition) is 1. The summed E-state index contributed by atoms with van der Waals surface area (Å²) in [6.07, 6.45) is 8.27. The van der Waals surface area contributed by atoms with Crippen molar-refractivity contribution in [2.45, 2.75) is 72.3 Å². The van der Waals surface area contributed by atoms with E-state index in [0.717, 1.165) is 12.0 Å². The first-order valence-corrected chi connectivity index (χ1v) is 6.85. The van der Waals surface area contributed by atoms with E-state index in [0.29, 0.717) is 5.41 Å². The van der Waals surface area contributed by atoms with Gasteiger partial charge in [0.2, 0.25) is 0 Å². The Morgan fingerprint density at radius 3 is 2.53 bits per heavy atom. The first kappa shape index (κ1) is 13.0. The third-order valence-electron chi connectivity index (χ3n) is 4.17. The molecule has 15 heavy (non-hydrogen) atoms. The largest absolute Gasteiger partial charge is 0.314 e. The Morgan fingerprint density at radius 1 is 1.27 bits per heavy atom. The standard InChI is InChI=1S/C14H29N/c1-5-11-15-13(6-2)12-9-7-8-10-14(12,3)4/h12-13,15H,5-11H2,1-4H3. The zero-order valence-electron chi connectivity index (χ0n) is 11.1. The fourth-order valence-electron chi connectivity index (χ4n) is 3.17. The van der Waals surface area contributed by atoms with Crippen molar-refractivity contribution < 1.29 is 0 Å². The smallest absolute Gasteiger partial charge is 0.00977 e. The van der Waals surface area contributed by atoms with Crippen molar-refractivity contribution in [3.05, 3.63) is 0 Å². The van der Waals surface area contributed by atoms with Gasteiger partial charge in [-0.2, -0.15) is 0 Å². The summed E-state index contributed by atoms with van der Waals surface area (Å²) in [6.45, 7) is 10.7. The van der Waals surface area contributed by atoms with Gasteiger partial charge in [-0.1, -0.05) is 40.5 Å². The summed E-state index contributed by atoms with van der Waals surface area (Å²) >= 11 is 0. The SMILES string of the molecule is CCCNC(CC)C1CCCCC1(C)C. The van der Waals surface area contributed by atoms with Crippen molar-refractivity contribution >= 4 is 0 Å². The first-order valence-electron chi connectivity index (χ1n) is 6.85. The highest BCUT2D eigenvalue weighted by molar-refractivity contribution is 4.89. The van der Waals surface area contributed by atoms with Crippen molar-refractivity contribution in [1.82, 2.24) is 5.32 Å². The lowest BCUT2D eigenvalue weighted by Crippen LogP contribution is -2.44. The minimum absolute atomic E-state index is 0.555. The van der Waals surface area contributed by atoms with Gasteiger partial charge in [-0.3, -0.25) is 0 Å². The molecule has 2 unspecified atom stereocenters. The van der Waals surface area contributed by atoms with Crippen LogP contribution in [0.25, 0.3) is 0 Å². The summed E-state index contributed by atoms with van der Waals surface area (Å²) in [7, 11) is 0. The van der Waals surface area contributed by atoms with Crippen molar-refractivity contribution in [1.29, 1.82) is 0 Å². The van der Waals surface area contributed by atoms with Crippen molar-refractivity contribution in [3.63, 3.8) is 0 Å². The highest BCUT2D eigenvalue weighted by Crippen LogP contribution is 2.42. The molecule has 1 N–H and O–H groups in total. The van der Waals surface area contributed by atoms with Crippen molar-refractivity contribution in [3.8, 4) is 0 Å². The Labute approximate surface area is 96.0 Å². The fraction of sp³-hybridized carbons (Fsp3) is 1.00. The van der Waals surface area contributed by atoms with E-state index in [9.17, 15) is 0 Å². The van der Waals surface area contributed by atoms with E-state index in [2.05, 4.69) is 33.0 Å². The monoisotopic (exact) mass is 211 g/mol. The van der Waals surface area contributed by atoms with E-state index >= 15 is 0 Å². The molecule has 0 aromatic carbocycles.